The number of hydrogen-bond donors (Lipinski definition) is 0. The van der Waals surface area contributed by atoms with Gasteiger partial charge in [-0.05, 0) is 42.5 Å². The molecule has 0 radical (unpaired) electrons. The fraction of sp³-hybridized carbons (Fsp3) is 0.630. The summed E-state index contributed by atoms with van der Waals surface area (Å²) in [5.74, 6) is 0.277. The van der Waals surface area contributed by atoms with Crippen molar-refractivity contribution in [1.82, 2.24) is 10.0 Å². The fourth-order valence-corrected chi connectivity index (χ4v) is 6.43. The maximum Gasteiger partial charge on any atom is 0.373 e. The molecule has 0 aromatic heterocycles. The summed E-state index contributed by atoms with van der Waals surface area (Å²) in [6.07, 6.45) is 7.09. The van der Waals surface area contributed by atoms with Crippen molar-refractivity contribution in [3.8, 4) is 0 Å². The lowest BCUT2D eigenvalue weighted by atomic mass is 9.82. The molecule has 3 aliphatic rings. The van der Waals surface area contributed by atoms with E-state index in [9.17, 15) is 9.59 Å². The third kappa shape index (κ3) is 4.56. The van der Waals surface area contributed by atoms with Gasteiger partial charge in [0.15, 0.2) is 0 Å². The predicted molar refractivity (Wildman–Crippen MR) is 135 cm³/mol. The second kappa shape index (κ2) is 9.50. The summed E-state index contributed by atoms with van der Waals surface area (Å²) in [5, 5.41) is 3.98. The van der Waals surface area contributed by atoms with Gasteiger partial charge in [0.25, 0.3) is 8.32 Å². The minimum absolute atomic E-state index is 0.0232. The number of benzene rings is 1. The minimum Gasteiger partial charge on any atom is -0.537 e. The lowest BCUT2D eigenvalue weighted by Crippen LogP contribution is -2.43. The van der Waals surface area contributed by atoms with Crippen LogP contribution in [-0.4, -0.2) is 43.4 Å². The molecule has 2 aliphatic heterocycles. The molecular formula is C27H40N2O4Si. The summed E-state index contributed by atoms with van der Waals surface area (Å²) < 4.78 is 11.8. The average molecular weight is 485 g/mol. The lowest BCUT2D eigenvalue weighted by Gasteiger charge is -2.38. The van der Waals surface area contributed by atoms with Crippen molar-refractivity contribution in [2.24, 2.45) is 5.92 Å². The van der Waals surface area contributed by atoms with Gasteiger partial charge in [-0.1, -0.05) is 70.4 Å². The van der Waals surface area contributed by atoms with Gasteiger partial charge >= 0.3 is 5.97 Å². The third-order valence-corrected chi connectivity index (χ3v) is 12.7. The van der Waals surface area contributed by atoms with E-state index in [0.717, 1.165) is 18.4 Å². The molecule has 4 rings (SSSR count). The van der Waals surface area contributed by atoms with E-state index in [1.807, 2.05) is 18.2 Å². The molecule has 0 unspecified atom stereocenters. The van der Waals surface area contributed by atoms with Crippen LogP contribution < -0.4 is 0 Å². The Balaban J connectivity index is 1.81. The highest BCUT2D eigenvalue weighted by molar-refractivity contribution is 6.74. The van der Waals surface area contributed by atoms with E-state index in [2.05, 4.69) is 51.0 Å². The van der Waals surface area contributed by atoms with Crippen LogP contribution in [0, 0.1) is 5.92 Å². The normalized spacial score (nSPS) is 25.9. The van der Waals surface area contributed by atoms with Crippen molar-refractivity contribution in [2.75, 3.05) is 7.11 Å². The Morgan fingerprint density at radius 1 is 1.03 bits per heavy atom. The molecule has 2 heterocycles. The summed E-state index contributed by atoms with van der Waals surface area (Å²) >= 11 is 0. The van der Waals surface area contributed by atoms with Gasteiger partial charge < -0.3 is 9.16 Å². The zero-order valence-corrected chi connectivity index (χ0v) is 22.6. The van der Waals surface area contributed by atoms with Crippen molar-refractivity contribution >= 4 is 20.2 Å². The first-order valence-electron chi connectivity index (χ1n) is 12.7. The van der Waals surface area contributed by atoms with Crippen LogP contribution in [0.2, 0.25) is 18.1 Å². The second-order valence-electron chi connectivity index (χ2n) is 11.5. The van der Waals surface area contributed by atoms with Crippen LogP contribution in [0.3, 0.4) is 0 Å². The van der Waals surface area contributed by atoms with E-state index in [-0.39, 0.29) is 28.8 Å². The monoisotopic (exact) mass is 484 g/mol. The van der Waals surface area contributed by atoms with Gasteiger partial charge in [0.05, 0.1) is 25.3 Å². The van der Waals surface area contributed by atoms with Crippen molar-refractivity contribution in [1.29, 1.82) is 0 Å². The molecule has 3 fully saturated rings. The highest BCUT2D eigenvalue weighted by Gasteiger charge is 2.54. The molecule has 1 aromatic carbocycles. The molecule has 0 spiro atoms. The lowest BCUT2D eigenvalue weighted by molar-refractivity contribution is -0.139. The van der Waals surface area contributed by atoms with Gasteiger partial charge in [-0.25, -0.2) is 14.8 Å². The van der Waals surface area contributed by atoms with Crippen LogP contribution in [0.15, 0.2) is 41.8 Å². The average Bonchev–Trinajstić information content (AvgIpc) is 3.36. The molecule has 0 N–H and O–H groups in total. The van der Waals surface area contributed by atoms with E-state index in [1.54, 1.807) is 5.01 Å². The smallest absolute Gasteiger partial charge is 0.373 e. The molecule has 7 heteroatoms. The second-order valence-corrected chi connectivity index (χ2v) is 16.2. The molecule has 34 heavy (non-hydrogen) atoms. The standard InChI is InChI=1S/C27H40N2O4Si/c1-27(2,3)34(5,6)33-25(26(31)32-4)23-17-21(19-13-9-7-10-14-19)28-22(18-24(30)29(23)28)20-15-11-8-12-16-20/h8,11-12,15-16,19,21-22H,7,9-10,13-14,17-18H2,1-6H3/b25-23+/t21-,22+/m0/s1. The van der Waals surface area contributed by atoms with Crippen LogP contribution in [0.4, 0.5) is 0 Å². The van der Waals surface area contributed by atoms with Crippen LogP contribution in [0.5, 0.6) is 0 Å². The zero-order chi connectivity index (χ0) is 24.7. The van der Waals surface area contributed by atoms with E-state index >= 15 is 0 Å². The number of ether oxygens (including phenoxy) is 1. The fourth-order valence-electron chi connectivity index (χ4n) is 5.42. The topological polar surface area (TPSA) is 59.1 Å². The number of nitrogens with zero attached hydrogens (tertiary/aromatic N) is 2. The molecular weight excluding hydrogens is 444 g/mol. The Kier molecular flexibility index (Phi) is 6.98. The molecule has 186 valence electrons. The van der Waals surface area contributed by atoms with Crippen LogP contribution >= 0.6 is 0 Å². The van der Waals surface area contributed by atoms with Gasteiger partial charge in [-0.15, -0.1) is 0 Å². The molecule has 1 amide bonds. The molecule has 6 nitrogen and oxygen atoms in total. The number of esters is 1. The van der Waals surface area contributed by atoms with Gasteiger partial charge in [0.2, 0.25) is 11.7 Å². The molecule has 2 atom stereocenters. The van der Waals surface area contributed by atoms with Crippen molar-refractivity contribution in [3.05, 3.63) is 47.4 Å². The maximum atomic E-state index is 13.5. The number of hydrogen-bond acceptors (Lipinski definition) is 5. The SMILES string of the molecule is COC(=O)/C(O[Si](C)(C)C(C)(C)C)=C1/C[C@@H](C2CCCCC2)N2[C@@H](c3ccccc3)CC(=O)N12. The van der Waals surface area contributed by atoms with E-state index in [4.69, 9.17) is 9.16 Å². The first-order valence-corrected chi connectivity index (χ1v) is 15.6. The molecule has 1 aromatic rings. The van der Waals surface area contributed by atoms with Gasteiger partial charge in [-0.3, -0.25) is 4.79 Å². The largest absolute Gasteiger partial charge is 0.537 e. The number of fused-ring (bicyclic) bond motifs is 1. The number of methoxy groups -OCH3 is 1. The van der Waals surface area contributed by atoms with Crippen LogP contribution in [-0.2, 0) is 18.8 Å². The summed E-state index contributed by atoms with van der Waals surface area (Å²) in [6, 6.07) is 10.4. The van der Waals surface area contributed by atoms with Crippen molar-refractivity contribution in [3.63, 3.8) is 0 Å². The molecule has 0 bridgehead atoms. The summed E-state index contributed by atoms with van der Waals surface area (Å²) in [7, 11) is -0.947. The van der Waals surface area contributed by atoms with Crippen LogP contribution in [0.25, 0.3) is 0 Å². The zero-order valence-electron chi connectivity index (χ0n) is 21.6. The Bertz CT molecular complexity index is 947. The number of hydrazine groups is 1. The highest BCUT2D eigenvalue weighted by Crippen LogP contribution is 2.49. The quantitative estimate of drug-likeness (QED) is 0.224. The van der Waals surface area contributed by atoms with Gasteiger partial charge in [-0.2, -0.15) is 0 Å². The first kappa shape index (κ1) is 25.0. The van der Waals surface area contributed by atoms with E-state index < -0.39 is 14.3 Å². The Morgan fingerprint density at radius 2 is 1.68 bits per heavy atom. The van der Waals surface area contributed by atoms with E-state index in [1.165, 1.54) is 26.4 Å². The first-order chi connectivity index (χ1) is 16.0. The number of carbonyl (C=O) groups excluding carboxylic acids is 2. The molecule has 1 aliphatic carbocycles. The summed E-state index contributed by atoms with van der Waals surface area (Å²) in [6.45, 7) is 10.7. The summed E-state index contributed by atoms with van der Waals surface area (Å²) in [4.78, 5) is 26.6. The molecule has 2 saturated heterocycles. The minimum atomic E-state index is -2.34. The summed E-state index contributed by atoms with van der Waals surface area (Å²) in [5.41, 5.74) is 1.83. The van der Waals surface area contributed by atoms with E-state index in [0.29, 0.717) is 24.5 Å². The van der Waals surface area contributed by atoms with Crippen LogP contribution in [0.1, 0.15) is 77.3 Å². The number of rotatable bonds is 5. The van der Waals surface area contributed by atoms with Crippen molar-refractivity contribution in [2.45, 2.75) is 95.9 Å². The Morgan fingerprint density at radius 3 is 2.26 bits per heavy atom. The molecule has 1 saturated carbocycles. The number of amides is 1. The third-order valence-electron chi connectivity index (χ3n) is 8.33. The van der Waals surface area contributed by atoms with Crippen molar-refractivity contribution < 1.29 is 18.8 Å². The van der Waals surface area contributed by atoms with Gasteiger partial charge in [0, 0.05) is 12.5 Å². The highest BCUT2D eigenvalue weighted by atomic mass is 28.4. The Hall–Kier alpha value is -2.12. The predicted octanol–water partition coefficient (Wildman–Crippen LogP) is 5.94. The number of carbonyl (C=O) groups is 2. The Labute approximate surface area is 205 Å². The van der Waals surface area contributed by atoms with Gasteiger partial charge in [0.1, 0.15) is 0 Å². The maximum absolute atomic E-state index is 13.5.